The smallest absolute Gasteiger partial charge is 0.272 e. The number of para-hydroxylation sites is 1. The summed E-state index contributed by atoms with van der Waals surface area (Å²) < 4.78 is 0. The average Bonchev–Trinajstić information content (AvgIpc) is 2.67. The highest BCUT2D eigenvalue weighted by Gasteiger charge is 2.24. The third kappa shape index (κ3) is 4.47. The fourth-order valence-electron chi connectivity index (χ4n) is 3.38. The molecule has 28 heavy (non-hydrogen) atoms. The van der Waals surface area contributed by atoms with Gasteiger partial charge in [0.1, 0.15) is 17.3 Å². The highest BCUT2D eigenvalue weighted by Crippen LogP contribution is 2.26. The number of nitrogens with zero attached hydrogens (tertiary/aromatic N) is 4. The molecule has 7 heteroatoms. The van der Waals surface area contributed by atoms with Crippen molar-refractivity contribution >= 4 is 23.3 Å². The molecule has 1 aromatic carbocycles. The second-order valence-electron chi connectivity index (χ2n) is 7.35. The van der Waals surface area contributed by atoms with Gasteiger partial charge in [0, 0.05) is 44.9 Å². The number of carbonyl (C=O) groups is 2. The number of nitrogens with one attached hydrogen (secondary N) is 1. The van der Waals surface area contributed by atoms with Gasteiger partial charge in [-0.1, -0.05) is 32.0 Å². The van der Waals surface area contributed by atoms with E-state index < -0.39 is 0 Å². The first-order valence-electron chi connectivity index (χ1n) is 9.61. The van der Waals surface area contributed by atoms with Crippen molar-refractivity contribution in [1.29, 1.82) is 0 Å². The van der Waals surface area contributed by atoms with Crippen molar-refractivity contribution in [3.8, 4) is 0 Å². The van der Waals surface area contributed by atoms with Gasteiger partial charge in [0.05, 0.1) is 0 Å². The van der Waals surface area contributed by atoms with Crippen LogP contribution >= 0.6 is 0 Å². The van der Waals surface area contributed by atoms with E-state index in [-0.39, 0.29) is 11.8 Å². The molecule has 148 valence electrons. The Kier molecular flexibility index (Phi) is 5.92. The molecular formula is C21H27N5O2. The lowest BCUT2D eigenvalue weighted by atomic mass is 10.0. The molecule has 1 aliphatic rings. The van der Waals surface area contributed by atoms with Crippen LogP contribution < -0.4 is 5.32 Å². The lowest BCUT2D eigenvalue weighted by molar-refractivity contribution is -0.130. The molecule has 0 bridgehead atoms. The molecule has 1 fully saturated rings. The first kappa shape index (κ1) is 19.8. The van der Waals surface area contributed by atoms with Gasteiger partial charge < -0.3 is 15.1 Å². The minimum Gasteiger partial charge on any atom is -0.340 e. The molecule has 2 amide bonds. The summed E-state index contributed by atoms with van der Waals surface area (Å²) in [6.07, 6.45) is 0. The molecule has 0 aliphatic carbocycles. The Balaban J connectivity index is 1.79. The highest BCUT2D eigenvalue weighted by atomic mass is 16.2. The zero-order valence-corrected chi connectivity index (χ0v) is 16.9. The van der Waals surface area contributed by atoms with Gasteiger partial charge in [0.2, 0.25) is 5.91 Å². The van der Waals surface area contributed by atoms with Gasteiger partial charge in [-0.2, -0.15) is 0 Å². The first-order chi connectivity index (χ1) is 13.3. The van der Waals surface area contributed by atoms with Gasteiger partial charge in [0.15, 0.2) is 0 Å². The molecule has 1 saturated heterocycles. The number of hydrogen-bond acceptors (Lipinski definition) is 5. The zero-order valence-electron chi connectivity index (χ0n) is 16.9. The number of rotatable bonds is 4. The van der Waals surface area contributed by atoms with Gasteiger partial charge in [-0.05, 0) is 24.5 Å². The van der Waals surface area contributed by atoms with Crippen molar-refractivity contribution in [2.45, 2.75) is 33.6 Å². The molecule has 0 spiro atoms. The Hall–Kier alpha value is -2.96. The zero-order chi connectivity index (χ0) is 20.3. The van der Waals surface area contributed by atoms with Crippen LogP contribution in [0.25, 0.3) is 0 Å². The summed E-state index contributed by atoms with van der Waals surface area (Å²) >= 11 is 0. The normalized spacial score (nSPS) is 14.3. The molecule has 7 nitrogen and oxygen atoms in total. The Bertz CT molecular complexity index is 873. The second kappa shape index (κ2) is 8.37. The molecule has 0 saturated carbocycles. The average molecular weight is 381 g/mol. The fourth-order valence-corrected chi connectivity index (χ4v) is 3.38. The number of aryl methyl sites for hydroxylation is 1. The van der Waals surface area contributed by atoms with E-state index in [1.807, 2.05) is 18.2 Å². The maximum Gasteiger partial charge on any atom is 0.272 e. The number of anilines is 2. The lowest BCUT2D eigenvalue weighted by Crippen LogP contribution is -2.50. The predicted molar refractivity (Wildman–Crippen MR) is 109 cm³/mol. The van der Waals surface area contributed by atoms with Gasteiger partial charge in [-0.3, -0.25) is 9.59 Å². The van der Waals surface area contributed by atoms with Crippen LogP contribution in [0.15, 0.2) is 30.3 Å². The molecule has 0 atom stereocenters. The lowest BCUT2D eigenvalue weighted by Gasteiger charge is -2.34. The summed E-state index contributed by atoms with van der Waals surface area (Å²) in [6.45, 7) is 9.75. The minimum atomic E-state index is -0.131. The first-order valence-corrected chi connectivity index (χ1v) is 9.61. The van der Waals surface area contributed by atoms with Gasteiger partial charge in [0.25, 0.3) is 5.91 Å². The Morgan fingerprint density at radius 3 is 2.32 bits per heavy atom. The van der Waals surface area contributed by atoms with Crippen LogP contribution in [-0.4, -0.2) is 57.8 Å². The number of hydrogen-bond donors (Lipinski definition) is 1. The van der Waals surface area contributed by atoms with E-state index in [9.17, 15) is 9.59 Å². The topological polar surface area (TPSA) is 78.4 Å². The van der Waals surface area contributed by atoms with E-state index in [1.54, 1.807) is 29.7 Å². The van der Waals surface area contributed by atoms with E-state index >= 15 is 0 Å². The van der Waals surface area contributed by atoms with E-state index in [1.165, 1.54) is 5.56 Å². The molecule has 0 unspecified atom stereocenters. The Labute approximate surface area is 165 Å². The molecule has 0 radical (unpaired) electrons. The molecule has 1 aromatic heterocycles. The number of amides is 2. The van der Waals surface area contributed by atoms with Gasteiger partial charge >= 0.3 is 0 Å². The fraction of sp³-hybridized carbons (Fsp3) is 0.429. The minimum absolute atomic E-state index is 0.0419. The van der Waals surface area contributed by atoms with Crippen LogP contribution in [0.2, 0.25) is 0 Å². The number of piperazine rings is 1. The Morgan fingerprint density at radius 1 is 1.04 bits per heavy atom. The summed E-state index contributed by atoms with van der Waals surface area (Å²) in [4.78, 5) is 36.7. The molecule has 1 aliphatic heterocycles. The van der Waals surface area contributed by atoms with Crippen molar-refractivity contribution in [3.63, 3.8) is 0 Å². The van der Waals surface area contributed by atoms with Crippen LogP contribution in [0.5, 0.6) is 0 Å². The SMILES string of the molecule is CC(=O)N1CCN(C(=O)c2cc(Nc3ccccc3C(C)C)nc(C)n2)CC1. The van der Waals surface area contributed by atoms with Crippen LogP contribution in [0.3, 0.4) is 0 Å². The summed E-state index contributed by atoms with van der Waals surface area (Å²) in [7, 11) is 0. The number of carbonyl (C=O) groups excluding carboxylic acids is 2. The third-order valence-corrected chi connectivity index (χ3v) is 4.91. The van der Waals surface area contributed by atoms with E-state index in [0.29, 0.717) is 49.4 Å². The number of aromatic nitrogens is 2. The second-order valence-corrected chi connectivity index (χ2v) is 7.35. The largest absolute Gasteiger partial charge is 0.340 e. The molecule has 2 aromatic rings. The van der Waals surface area contributed by atoms with E-state index in [4.69, 9.17) is 0 Å². The maximum atomic E-state index is 12.9. The summed E-state index contributed by atoms with van der Waals surface area (Å²) in [5.74, 6) is 1.42. The predicted octanol–water partition coefficient (Wildman–Crippen LogP) is 2.96. The highest BCUT2D eigenvalue weighted by molar-refractivity contribution is 5.93. The summed E-state index contributed by atoms with van der Waals surface area (Å²) in [5, 5.41) is 3.34. The number of benzene rings is 1. The summed E-state index contributed by atoms with van der Waals surface area (Å²) in [6, 6.07) is 9.78. The van der Waals surface area contributed by atoms with Crippen molar-refractivity contribution in [1.82, 2.24) is 19.8 Å². The van der Waals surface area contributed by atoms with Crippen LogP contribution in [0, 0.1) is 6.92 Å². The van der Waals surface area contributed by atoms with Gasteiger partial charge in [-0.25, -0.2) is 9.97 Å². The van der Waals surface area contributed by atoms with Crippen molar-refractivity contribution in [2.24, 2.45) is 0 Å². The van der Waals surface area contributed by atoms with E-state index in [0.717, 1.165) is 5.69 Å². The van der Waals surface area contributed by atoms with E-state index in [2.05, 4.69) is 35.2 Å². The van der Waals surface area contributed by atoms with Crippen LogP contribution in [-0.2, 0) is 4.79 Å². The molecule has 1 N–H and O–H groups in total. The quantitative estimate of drug-likeness (QED) is 0.881. The van der Waals surface area contributed by atoms with Crippen LogP contribution in [0.1, 0.15) is 48.6 Å². The molecule has 2 heterocycles. The standard InChI is InChI=1S/C21H27N5O2/c1-14(2)17-7-5-6-8-18(17)24-20-13-19(22-15(3)23-20)21(28)26-11-9-25(10-12-26)16(4)27/h5-8,13-14H,9-12H2,1-4H3,(H,22,23,24). The van der Waals surface area contributed by atoms with Crippen molar-refractivity contribution in [3.05, 3.63) is 47.4 Å². The Morgan fingerprint density at radius 2 is 1.68 bits per heavy atom. The van der Waals surface area contributed by atoms with Gasteiger partial charge in [-0.15, -0.1) is 0 Å². The maximum absolute atomic E-state index is 12.9. The third-order valence-electron chi connectivity index (χ3n) is 4.91. The monoisotopic (exact) mass is 381 g/mol. The molecular weight excluding hydrogens is 354 g/mol. The molecule has 3 rings (SSSR count). The van der Waals surface area contributed by atoms with Crippen LogP contribution in [0.4, 0.5) is 11.5 Å². The van der Waals surface area contributed by atoms with Crippen molar-refractivity contribution < 1.29 is 9.59 Å². The summed E-state index contributed by atoms with van der Waals surface area (Å²) in [5.41, 5.74) is 2.53. The van der Waals surface area contributed by atoms with Crippen molar-refractivity contribution in [2.75, 3.05) is 31.5 Å².